The van der Waals surface area contributed by atoms with Crippen molar-refractivity contribution in [2.24, 2.45) is 7.05 Å². The van der Waals surface area contributed by atoms with E-state index in [9.17, 15) is 8.42 Å². The Labute approximate surface area is 122 Å². The minimum absolute atomic E-state index is 0.331. The predicted octanol–water partition coefficient (Wildman–Crippen LogP) is 0.365. The van der Waals surface area contributed by atoms with Gasteiger partial charge in [0, 0.05) is 32.0 Å². The Hall–Kier alpha value is -0.890. The van der Waals surface area contributed by atoms with E-state index < -0.39 is 10.0 Å². The molecule has 0 aromatic carbocycles. The fraction of sp³-hybridized carbons (Fsp3) is 0.692. The van der Waals surface area contributed by atoms with Gasteiger partial charge in [0.05, 0.1) is 4.90 Å². The van der Waals surface area contributed by atoms with Crippen LogP contribution >= 0.6 is 0 Å². The van der Waals surface area contributed by atoms with Crippen molar-refractivity contribution >= 4 is 10.0 Å². The third-order valence-corrected chi connectivity index (χ3v) is 4.45. The van der Waals surface area contributed by atoms with Crippen LogP contribution in [0.25, 0.3) is 0 Å². The molecule has 1 heterocycles. The van der Waals surface area contributed by atoms with Crippen LogP contribution in [-0.2, 0) is 23.6 Å². The fourth-order valence-electron chi connectivity index (χ4n) is 1.84. The zero-order valence-electron chi connectivity index (χ0n) is 12.8. The SMILES string of the molecule is CCNCc1cc(S(=O)(=O)NCCCN(C)C)cn1C. The summed E-state index contributed by atoms with van der Waals surface area (Å²) in [7, 11) is 2.40. The monoisotopic (exact) mass is 302 g/mol. The van der Waals surface area contributed by atoms with Crippen LogP contribution in [0.1, 0.15) is 19.0 Å². The molecule has 1 aromatic heterocycles. The Morgan fingerprint density at radius 2 is 2.05 bits per heavy atom. The first-order valence-corrected chi connectivity index (χ1v) is 8.35. The third kappa shape index (κ3) is 5.24. The molecule has 0 spiro atoms. The summed E-state index contributed by atoms with van der Waals surface area (Å²) in [6.07, 6.45) is 2.45. The molecule has 0 aliphatic heterocycles. The number of aryl methyl sites for hydroxylation is 1. The van der Waals surface area contributed by atoms with Gasteiger partial charge in [-0.15, -0.1) is 0 Å². The molecule has 0 bridgehead atoms. The summed E-state index contributed by atoms with van der Waals surface area (Å²) in [4.78, 5) is 2.36. The molecule has 0 saturated carbocycles. The topological polar surface area (TPSA) is 66.4 Å². The molecule has 0 atom stereocenters. The highest BCUT2D eigenvalue weighted by molar-refractivity contribution is 7.89. The Balaban J connectivity index is 2.63. The summed E-state index contributed by atoms with van der Waals surface area (Å²) in [6, 6.07) is 1.72. The zero-order chi connectivity index (χ0) is 15.2. The maximum Gasteiger partial charge on any atom is 0.242 e. The van der Waals surface area contributed by atoms with Gasteiger partial charge in [-0.1, -0.05) is 6.92 Å². The van der Waals surface area contributed by atoms with E-state index in [1.54, 1.807) is 12.3 Å². The lowest BCUT2D eigenvalue weighted by Crippen LogP contribution is -2.27. The zero-order valence-corrected chi connectivity index (χ0v) is 13.6. The summed E-state index contributed by atoms with van der Waals surface area (Å²) in [5, 5.41) is 3.19. The molecule has 0 amide bonds. The normalized spacial score (nSPS) is 12.2. The van der Waals surface area contributed by atoms with Crippen LogP contribution in [0.4, 0.5) is 0 Å². The second-order valence-corrected chi connectivity index (χ2v) is 6.88. The van der Waals surface area contributed by atoms with Crippen molar-refractivity contribution in [3.05, 3.63) is 18.0 Å². The van der Waals surface area contributed by atoms with Gasteiger partial charge in [0.2, 0.25) is 10.0 Å². The van der Waals surface area contributed by atoms with Gasteiger partial charge in [-0.25, -0.2) is 13.1 Å². The Kier molecular flexibility index (Phi) is 6.67. The van der Waals surface area contributed by atoms with Gasteiger partial charge in [-0.3, -0.25) is 0 Å². The van der Waals surface area contributed by atoms with Crippen LogP contribution in [0, 0.1) is 0 Å². The van der Waals surface area contributed by atoms with Gasteiger partial charge in [-0.05, 0) is 39.7 Å². The second-order valence-electron chi connectivity index (χ2n) is 5.11. The molecule has 0 aliphatic carbocycles. The number of sulfonamides is 1. The molecule has 0 aliphatic rings. The van der Waals surface area contributed by atoms with Crippen molar-refractivity contribution in [3.63, 3.8) is 0 Å². The Morgan fingerprint density at radius 1 is 1.35 bits per heavy atom. The average Bonchev–Trinajstić information content (AvgIpc) is 2.74. The van der Waals surface area contributed by atoms with Crippen molar-refractivity contribution < 1.29 is 8.42 Å². The third-order valence-electron chi connectivity index (χ3n) is 3.02. The molecule has 116 valence electrons. The molecule has 1 rings (SSSR count). The largest absolute Gasteiger partial charge is 0.352 e. The van der Waals surface area contributed by atoms with Gasteiger partial charge < -0.3 is 14.8 Å². The number of aromatic nitrogens is 1. The van der Waals surface area contributed by atoms with E-state index in [1.165, 1.54) is 0 Å². The summed E-state index contributed by atoms with van der Waals surface area (Å²) < 4.78 is 28.8. The first kappa shape index (κ1) is 17.2. The number of rotatable bonds is 9. The van der Waals surface area contributed by atoms with Crippen molar-refractivity contribution in [3.8, 4) is 0 Å². The molecule has 1 aromatic rings. The van der Waals surface area contributed by atoms with Crippen LogP contribution in [-0.4, -0.2) is 51.6 Å². The molecule has 0 radical (unpaired) electrons. The molecular formula is C13H26N4O2S. The Bertz CT molecular complexity index is 508. The van der Waals surface area contributed by atoms with E-state index in [-0.39, 0.29) is 0 Å². The first-order chi connectivity index (χ1) is 9.36. The summed E-state index contributed by atoms with van der Waals surface area (Å²) in [5.74, 6) is 0. The lowest BCUT2D eigenvalue weighted by molar-refractivity contribution is 0.400. The van der Waals surface area contributed by atoms with E-state index in [0.29, 0.717) is 18.0 Å². The molecule has 0 fully saturated rings. The van der Waals surface area contributed by atoms with Crippen molar-refractivity contribution in [1.82, 2.24) is 19.5 Å². The average molecular weight is 302 g/mol. The highest BCUT2D eigenvalue weighted by atomic mass is 32.2. The lowest BCUT2D eigenvalue weighted by atomic mass is 10.4. The van der Waals surface area contributed by atoms with Crippen LogP contribution in [0.5, 0.6) is 0 Å². The van der Waals surface area contributed by atoms with E-state index in [0.717, 1.165) is 25.2 Å². The van der Waals surface area contributed by atoms with Gasteiger partial charge >= 0.3 is 0 Å². The van der Waals surface area contributed by atoms with Gasteiger partial charge in [0.25, 0.3) is 0 Å². The molecule has 20 heavy (non-hydrogen) atoms. The molecular weight excluding hydrogens is 276 g/mol. The lowest BCUT2D eigenvalue weighted by Gasteiger charge is -2.09. The van der Waals surface area contributed by atoms with Crippen molar-refractivity contribution in [2.45, 2.75) is 24.8 Å². The number of hydrogen-bond acceptors (Lipinski definition) is 4. The van der Waals surface area contributed by atoms with Crippen LogP contribution in [0.2, 0.25) is 0 Å². The van der Waals surface area contributed by atoms with Crippen LogP contribution in [0.15, 0.2) is 17.2 Å². The second kappa shape index (κ2) is 7.78. The van der Waals surface area contributed by atoms with Crippen molar-refractivity contribution in [2.75, 3.05) is 33.7 Å². The molecule has 0 saturated heterocycles. The van der Waals surface area contributed by atoms with E-state index in [1.807, 2.05) is 37.5 Å². The standard InChI is InChI=1S/C13H26N4O2S/c1-5-14-10-12-9-13(11-17(12)4)20(18,19)15-7-6-8-16(2)3/h9,11,14-15H,5-8,10H2,1-4H3. The quantitative estimate of drug-likeness (QED) is 0.647. The highest BCUT2D eigenvalue weighted by Crippen LogP contribution is 2.13. The number of hydrogen-bond donors (Lipinski definition) is 2. The van der Waals surface area contributed by atoms with Gasteiger partial charge in [0.1, 0.15) is 0 Å². The predicted molar refractivity (Wildman–Crippen MR) is 81.2 cm³/mol. The van der Waals surface area contributed by atoms with Gasteiger partial charge in [0.15, 0.2) is 0 Å². The summed E-state index contributed by atoms with van der Waals surface area (Å²) in [5.41, 5.74) is 0.959. The van der Waals surface area contributed by atoms with E-state index >= 15 is 0 Å². The molecule has 6 nitrogen and oxygen atoms in total. The maximum atomic E-state index is 12.2. The number of nitrogens with one attached hydrogen (secondary N) is 2. The van der Waals surface area contributed by atoms with Crippen LogP contribution in [0.3, 0.4) is 0 Å². The maximum absolute atomic E-state index is 12.2. The summed E-state index contributed by atoms with van der Waals surface area (Å²) in [6.45, 7) is 4.87. The molecule has 2 N–H and O–H groups in total. The summed E-state index contributed by atoms with van der Waals surface area (Å²) >= 11 is 0. The fourth-order valence-corrected chi connectivity index (χ4v) is 3.01. The first-order valence-electron chi connectivity index (χ1n) is 6.87. The highest BCUT2D eigenvalue weighted by Gasteiger charge is 2.16. The Morgan fingerprint density at radius 3 is 2.65 bits per heavy atom. The molecule has 7 heteroatoms. The van der Waals surface area contributed by atoms with Crippen molar-refractivity contribution in [1.29, 1.82) is 0 Å². The minimum atomic E-state index is -3.40. The van der Waals surface area contributed by atoms with Crippen LogP contribution < -0.4 is 10.0 Å². The van der Waals surface area contributed by atoms with Gasteiger partial charge in [-0.2, -0.15) is 0 Å². The smallest absolute Gasteiger partial charge is 0.242 e. The van der Waals surface area contributed by atoms with E-state index in [2.05, 4.69) is 10.0 Å². The molecule has 0 unspecified atom stereocenters. The van der Waals surface area contributed by atoms with E-state index in [4.69, 9.17) is 0 Å². The number of nitrogens with zero attached hydrogens (tertiary/aromatic N) is 2. The minimum Gasteiger partial charge on any atom is -0.352 e.